The van der Waals surface area contributed by atoms with Crippen LogP contribution in [0.5, 0.6) is 5.75 Å². The zero-order chi connectivity index (χ0) is 23.3. The van der Waals surface area contributed by atoms with Gasteiger partial charge in [-0.2, -0.15) is 0 Å². The standard InChI is InChI=1S/C25H18ClNO6/c1-13-9-10-17(32-13)21-20(23(29)25(30)27(21)16-7-4-6-15(26)12-16)22(28)19-11-14-5-3-8-18(31-2)24(14)33-19/h3-12,21,29H,1-2H3. The molecule has 0 saturated carbocycles. The molecule has 8 heteroatoms. The first-order valence-electron chi connectivity index (χ1n) is 10.1. The number of hydrogen-bond donors (Lipinski definition) is 1. The zero-order valence-corrected chi connectivity index (χ0v) is 18.4. The number of aliphatic hydroxyl groups excluding tert-OH is 1. The van der Waals surface area contributed by atoms with Gasteiger partial charge in [-0.1, -0.05) is 29.8 Å². The Bertz CT molecular complexity index is 1450. The van der Waals surface area contributed by atoms with Crippen molar-refractivity contribution in [2.24, 2.45) is 0 Å². The molecule has 5 rings (SSSR count). The second-order valence-electron chi connectivity index (χ2n) is 7.59. The van der Waals surface area contributed by atoms with Crippen LogP contribution in [-0.4, -0.2) is 23.9 Å². The first-order chi connectivity index (χ1) is 15.9. The molecule has 2 aromatic carbocycles. The predicted molar refractivity (Wildman–Crippen MR) is 122 cm³/mol. The molecule has 2 aromatic heterocycles. The minimum absolute atomic E-state index is 0.0370. The number of benzene rings is 2. The molecular weight excluding hydrogens is 446 g/mol. The van der Waals surface area contributed by atoms with Gasteiger partial charge in [0.2, 0.25) is 5.78 Å². The highest BCUT2D eigenvalue weighted by Gasteiger charge is 2.47. The van der Waals surface area contributed by atoms with E-state index < -0.39 is 23.5 Å². The Morgan fingerprint density at radius 1 is 1.09 bits per heavy atom. The van der Waals surface area contributed by atoms with Crippen molar-refractivity contribution in [1.82, 2.24) is 0 Å². The molecule has 3 heterocycles. The van der Waals surface area contributed by atoms with Crippen LogP contribution in [0.1, 0.15) is 28.1 Å². The predicted octanol–water partition coefficient (Wildman–Crippen LogP) is 5.78. The highest BCUT2D eigenvalue weighted by atomic mass is 35.5. The third kappa shape index (κ3) is 3.37. The van der Waals surface area contributed by atoms with Gasteiger partial charge in [-0.05, 0) is 49.4 Å². The maximum absolute atomic E-state index is 13.6. The summed E-state index contributed by atoms with van der Waals surface area (Å²) in [4.78, 5) is 28.1. The summed E-state index contributed by atoms with van der Waals surface area (Å²) in [6.07, 6.45) is 0. The summed E-state index contributed by atoms with van der Waals surface area (Å²) in [6, 6.07) is 15.8. The molecule has 1 unspecified atom stereocenters. The molecule has 1 aliphatic heterocycles. The summed E-state index contributed by atoms with van der Waals surface area (Å²) in [6.45, 7) is 1.75. The number of ketones is 1. The molecule has 0 fully saturated rings. The topological polar surface area (TPSA) is 93.1 Å². The number of halogens is 1. The van der Waals surface area contributed by atoms with E-state index in [1.807, 2.05) is 0 Å². The Hall–Kier alpha value is -3.97. The lowest BCUT2D eigenvalue weighted by molar-refractivity contribution is -0.117. The van der Waals surface area contributed by atoms with Crippen molar-refractivity contribution >= 4 is 39.9 Å². The highest BCUT2D eigenvalue weighted by molar-refractivity contribution is 6.31. The molecule has 1 atom stereocenters. The first kappa shape index (κ1) is 20.9. The van der Waals surface area contributed by atoms with E-state index in [4.69, 9.17) is 25.2 Å². The Labute approximate surface area is 193 Å². The van der Waals surface area contributed by atoms with Gasteiger partial charge in [0.05, 0.1) is 12.7 Å². The number of anilines is 1. The monoisotopic (exact) mass is 463 g/mol. The fourth-order valence-corrected chi connectivity index (χ4v) is 4.23. The molecule has 0 saturated heterocycles. The summed E-state index contributed by atoms with van der Waals surface area (Å²) in [5.74, 6) is -0.712. The third-order valence-electron chi connectivity index (χ3n) is 5.52. The van der Waals surface area contributed by atoms with Crippen LogP contribution in [0.4, 0.5) is 5.69 Å². The van der Waals surface area contributed by atoms with E-state index >= 15 is 0 Å². The van der Waals surface area contributed by atoms with Gasteiger partial charge in [0, 0.05) is 16.1 Å². The smallest absolute Gasteiger partial charge is 0.294 e. The van der Waals surface area contributed by atoms with E-state index in [2.05, 4.69) is 0 Å². The van der Waals surface area contributed by atoms with Crippen molar-refractivity contribution in [2.45, 2.75) is 13.0 Å². The molecule has 166 valence electrons. The molecule has 1 amide bonds. The molecule has 1 aliphatic rings. The lowest BCUT2D eigenvalue weighted by Gasteiger charge is -2.25. The maximum Gasteiger partial charge on any atom is 0.294 e. The summed E-state index contributed by atoms with van der Waals surface area (Å²) >= 11 is 6.14. The first-order valence-corrected chi connectivity index (χ1v) is 10.5. The molecule has 7 nitrogen and oxygen atoms in total. The van der Waals surface area contributed by atoms with E-state index in [1.54, 1.807) is 67.6 Å². The number of furan rings is 2. The van der Waals surface area contributed by atoms with Crippen molar-refractivity contribution in [3.8, 4) is 5.75 Å². The summed E-state index contributed by atoms with van der Waals surface area (Å²) in [7, 11) is 1.50. The molecule has 0 aliphatic carbocycles. The minimum atomic E-state index is -1.01. The minimum Gasteiger partial charge on any atom is -0.503 e. The van der Waals surface area contributed by atoms with Crippen LogP contribution in [0.2, 0.25) is 5.02 Å². The van der Waals surface area contributed by atoms with Gasteiger partial charge in [-0.25, -0.2) is 0 Å². The van der Waals surface area contributed by atoms with Gasteiger partial charge in [-0.15, -0.1) is 0 Å². The van der Waals surface area contributed by atoms with Gasteiger partial charge in [0.1, 0.15) is 17.6 Å². The number of ether oxygens (including phenoxy) is 1. The maximum atomic E-state index is 13.6. The van der Waals surface area contributed by atoms with E-state index in [0.717, 1.165) is 0 Å². The number of aryl methyl sites for hydroxylation is 1. The van der Waals surface area contributed by atoms with Crippen molar-refractivity contribution in [2.75, 3.05) is 12.0 Å². The fraction of sp³-hybridized carbons (Fsp3) is 0.120. The number of methoxy groups -OCH3 is 1. The number of rotatable bonds is 5. The quantitative estimate of drug-likeness (QED) is 0.377. The van der Waals surface area contributed by atoms with Crippen LogP contribution in [-0.2, 0) is 4.79 Å². The average Bonchev–Trinajstić information content (AvgIpc) is 3.49. The van der Waals surface area contributed by atoms with Gasteiger partial charge < -0.3 is 18.7 Å². The number of carbonyl (C=O) groups is 2. The Morgan fingerprint density at radius 2 is 1.88 bits per heavy atom. The van der Waals surface area contributed by atoms with Crippen LogP contribution in [0, 0.1) is 6.92 Å². The number of nitrogens with zero attached hydrogens (tertiary/aromatic N) is 1. The van der Waals surface area contributed by atoms with Crippen LogP contribution in [0.3, 0.4) is 0 Å². The largest absolute Gasteiger partial charge is 0.503 e. The van der Waals surface area contributed by atoms with Crippen molar-refractivity contribution in [3.63, 3.8) is 0 Å². The van der Waals surface area contributed by atoms with Crippen molar-refractivity contribution < 1.29 is 28.3 Å². The third-order valence-corrected chi connectivity index (χ3v) is 5.76. The number of para-hydroxylation sites is 1. The Morgan fingerprint density at radius 3 is 2.58 bits per heavy atom. The second kappa shape index (κ2) is 7.86. The number of aliphatic hydroxyl groups is 1. The summed E-state index contributed by atoms with van der Waals surface area (Å²) in [5, 5.41) is 11.9. The summed E-state index contributed by atoms with van der Waals surface area (Å²) in [5.41, 5.74) is 0.657. The Kier molecular flexibility index (Phi) is 4.98. The number of carbonyl (C=O) groups excluding carboxylic acids is 2. The molecule has 0 spiro atoms. The lowest BCUT2D eigenvalue weighted by atomic mass is 9.99. The van der Waals surface area contributed by atoms with Crippen LogP contribution < -0.4 is 9.64 Å². The van der Waals surface area contributed by atoms with E-state index in [0.29, 0.717) is 38.9 Å². The molecule has 0 radical (unpaired) electrons. The summed E-state index contributed by atoms with van der Waals surface area (Å²) < 4.78 is 16.9. The number of Topliss-reactive ketones (excluding diaryl/α,β-unsaturated/α-hetero) is 1. The number of fused-ring (bicyclic) bond motifs is 1. The lowest BCUT2D eigenvalue weighted by Crippen LogP contribution is -2.30. The average molecular weight is 464 g/mol. The molecule has 1 N–H and O–H groups in total. The molecule has 33 heavy (non-hydrogen) atoms. The van der Waals surface area contributed by atoms with Crippen LogP contribution in [0.15, 0.2) is 80.8 Å². The van der Waals surface area contributed by atoms with E-state index in [-0.39, 0.29) is 11.3 Å². The Balaban J connectivity index is 1.66. The zero-order valence-electron chi connectivity index (χ0n) is 17.7. The van der Waals surface area contributed by atoms with Crippen LogP contribution >= 0.6 is 11.6 Å². The van der Waals surface area contributed by atoms with Gasteiger partial charge >= 0.3 is 0 Å². The molecule has 4 aromatic rings. The van der Waals surface area contributed by atoms with Gasteiger partial charge in [0.15, 0.2) is 22.9 Å². The fourth-order valence-electron chi connectivity index (χ4n) is 4.04. The van der Waals surface area contributed by atoms with Crippen molar-refractivity contribution in [1.29, 1.82) is 0 Å². The van der Waals surface area contributed by atoms with Crippen molar-refractivity contribution in [3.05, 3.63) is 94.3 Å². The van der Waals surface area contributed by atoms with Gasteiger partial charge in [0.25, 0.3) is 5.91 Å². The SMILES string of the molecule is COc1cccc2cc(C(=O)C3=C(O)C(=O)N(c4cccc(Cl)c4)C3c3ccc(C)o3)oc12. The molecule has 0 bridgehead atoms. The highest BCUT2D eigenvalue weighted by Crippen LogP contribution is 2.43. The molecular formula is C25H18ClNO6. The number of amides is 1. The second-order valence-corrected chi connectivity index (χ2v) is 8.02. The normalized spacial score (nSPS) is 16.2. The van der Waals surface area contributed by atoms with Gasteiger partial charge in [-0.3, -0.25) is 14.5 Å². The van der Waals surface area contributed by atoms with E-state index in [9.17, 15) is 14.7 Å². The van der Waals surface area contributed by atoms with E-state index in [1.165, 1.54) is 12.0 Å². The number of hydrogen-bond acceptors (Lipinski definition) is 6. The van der Waals surface area contributed by atoms with Crippen LogP contribution in [0.25, 0.3) is 11.0 Å².